The molecule has 6 heteroatoms. The van der Waals surface area contributed by atoms with Crippen molar-refractivity contribution < 1.29 is 28.6 Å². The van der Waals surface area contributed by atoms with E-state index in [9.17, 15) is 14.4 Å². The van der Waals surface area contributed by atoms with Crippen LogP contribution < -0.4 is 0 Å². The van der Waals surface area contributed by atoms with Gasteiger partial charge in [-0.05, 0) is 64.2 Å². The maximum Gasteiger partial charge on any atom is 0.306 e. The molecule has 1 unspecified atom stereocenters. The van der Waals surface area contributed by atoms with Gasteiger partial charge in [-0.3, -0.25) is 14.4 Å². The molecular formula is C51H94O6. The molecule has 334 valence electrons. The van der Waals surface area contributed by atoms with E-state index < -0.39 is 6.10 Å². The van der Waals surface area contributed by atoms with Crippen LogP contribution in [0, 0.1) is 0 Å². The van der Waals surface area contributed by atoms with Gasteiger partial charge >= 0.3 is 17.9 Å². The lowest BCUT2D eigenvalue weighted by molar-refractivity contribution is -0.167. The topological polar surface area (TPSA) is 78.9 Å². The number of hydrogen-bond acceptors (Lipinski definition) is 6. The van der Waals surface area contributed by atoms with Crippen LogP contribution in [-0.4, -0.2) is 37.2 Å². The van der Waals surface area contributed by atoms with Crippen LogP contribution in [0.15, 0.2) is 24.3 Å². The highest BCUT2D eigenvalue weighted by Gasteiger charge is 2.19. The second-order valence-corrected chi connectivity index (χ2v) is 16.7. The summed E-state index contributed by atoms with van der Waals surface area (Å²) in [5.74, 6) is -0.917. The number of carbonyl (C=O) groups excluding carboxylic acids is 3. The summed E-state index contributed by atoms with van der Waals surface area (Å²) in [4.78, 5) is 37.7. The molecule has 0 amide bonds. The Morgan fingerprint density at radius 3 is 0.965 bits per heavy atom. The summed E-state index contributed by atoms with van der Waals surface area (Å²) in [6.07, 6.45) is 51.7. The zero-order valence-corrected chi connectivity index (χ0v) is 38.1. The van der Waals surface area contributed by atoms with Gasteiger partial charge in [0.15, 0.2) is 6.10 Å². The minimum absolute atomic E-state index is 0.0809. The number of rotatable bonds is 45. The van der Waals surface area contributed by atoms with Crippen molar-refractivity contribution in [3.8, 4) is 0 Å². The number of ether oxygens (including phenoxy) is 3. The summed E-state index contributed by atoms with van der Waals surface area (Å²) in [7, 11) is 0. The Kier molecular flexibility index (Phi) is 44.9. The quantitative estimate of drug-likeness (QED) is 0.0264. The van der Waals surface area contributed by atoms with Crippen LogP contribution in [0.25, 0.3) is 0 Å². The van der Waals surface area contributed by atoms with Crippen LogP contribution in [0.1, 0.15) is 265 Å². The number of esters is 3. The van der Waals surface area contributed by atoms with Crippen LogP contribution in [-0.2, 0) is 28.6 Å². The normalized spacial score (nSPS) is 12.1. The molecule has 0 saturated carbocycles. The van der Waals surface area contributed by atoms with E-state index in [4.69, 9.17) is 14.2 Å². The van der Waals surface area contributed by atoms with E-state index in [0.717, 1.165) is 64.2 Å². The molecule has 0 aromatic heterocycles. The van der Waals surface area contributed by atoms with E-state index in [-0.39, 0.29) is 31.1 Å². The van der Waals surface area contributed by atoms with E-state index in [1.165, 1.54) is 161 Å². The van der Waals surface area contributed by atoms with E-state index in [1.54, 1.807) is 0 Å². The van der Waals surface area contributed by atoms with Gasteiger partial charge in [-0.2, -0.15) is 0 Å². The Morgan fingerprint density at radius 1 is 0.333 bits per heavy atom. The SMILES string of the molecule is CCCCCC/C=C\CCCC(=O)OCC(COC(=O)CCCCCCC/C=C\CCCCCCCCCCC)OC(=O)CCCCCCCCCCCCCC. The molecule has 0 aliphatic heterocycles. The predicted molar refractivity (Wildman–Crippen MR) is 243 cm³/mol. The Hall–Kier alpha value is -2.11. The minimum Gasteiger partial charge on any atom is -0.462 e. The van der Waals surface area contributed by atoms with Crippen molar-refractivity contribution in [2.24, 2.45) is 0 Å². The molecule has 57 heavy (non-hydrogen) atoms. The number of allylic oxidation sites excluding steroid dienone is 4. The largest absolute Gasteiger partial charge is 0.462 e. The summed E-state index contributed by atoms with van der Waals surface area (Å²) in [6.45, 7) is 6.58. The fraction of sp³-hybridized carbons (Fsp3) is 0.863. The lowest BCUT2D eigenvalue weighted by Gasteiger charge is -2.18. The molecule has 6 nitrogen and oxygen atoms in total. The number of unbranched alkanes of at least 4 members (excludes halogenated alkanes) is 30. The molecule has 0 aromatic rings. The molecule has 0 rings (SSSR count). The standard InChI is InChI=1S/C51H94O6/c1-4-7-10-13-16-19-21-23-24-25-26-27-28-30-32-35-38-41-44-50(53)56-47-48(46-55-49(52)43-40-37-34-31-18-15-12-9-6-3)57-51(54)45-42-39-36-33-29-22-20-17-14-11-8-5-2/h26-27,31,34,48H,4-25,28-30,32-33,35-47H2,1-3H3/b27-26-,34-31-. The van der Waals surface area contributed by atoms with Crippen molar-refractivity contribution in [3.63, 3.8) is 0 Å². The minimum atomic E-state index is -0.779. The molecule has 0 bridgehead atoms. The molecule has 0 heterocycles. The van der Waals surface area contributed by atoms with Crippen LogP contribution in [0.2, 0.25) is 0 Å². The monoisotopic (exact) mass is 803 g/mol. The molecule has 0 spiro atoms. The van der Waals surface area contributed by atoms with Crippen molar-refractivity contribution in [2.75, 3.05) is 13.2 Å². The van der Waals surface area contributed by atoms with Gasteiger partial charge in [0.1, 0.15) is 13.2 Å². The van der Waals surface area contributed by atoms with Crippen molar-refractivity contribution in [2.45, 2.75) is 271 Å². The van der Waals surface area contributed by atoms with Gasteiger partial charge in [0.05, 0.1) is 0 Å². The average molecular weight is 803 g/mol. The van der Waals surface area contributed by atoms with Crippen LogP contribution in [0.4, 0.5) is 0 Å². The van der Waals surface area contributed by atoms with E-state index in [0.29, 0.717) is 19.3 Å². The highest BCUT2D eigenvalue weighted by molar-refractivity contribution is 5.71. The second-order valence-electron chi connectivity index (χ2n) is 16.7. The zero-order chi connectivity index (χ0) is 41.5. The van der Waals surface area contributed by atoms with Crippen molar-refractivity contribution in [1.29, 1.82) is 0 Å². The third-order valence-electron chi connectivity index (χ3n) is 10.9. The molecule has 1 atom stereocenters. The van der Waals surface area contributed by atoms with Crippen LogP contribution in [0.5, 0.6) is 0 Å². The fourth-order valence-corrected chi connectivity index (χ4v) is 7.15. The molecular weight excluding hydrogens is 709 g/mol. The van der Waals surface area contributed by atoms with Gasteiger partial charge in [-0.15, -0.1) is 0 Å². The highest BCUT2D eigenvalue weighted by atomic mass is 16.6. The maximum atomic E-state index is 12.7. The van der Waals surface area contributed by atoms with Gasteiger partial charge < -0.3 is 14.2 Å². The molecule has 0 aliphatic carbocycles. The predicted octanol–water partition coefficient (Wildman–Crippen LogP) is 16.0. The van der Waals surface area contributed by atoms with Gasteiger partial charge in [0, 0.05) is 19.3 Å². The lowest BCUT2D eigenvalue weighted by Crippen LogP contribution is -2.30. The Bertz CT molecular complexity index is 927. The summed E-state index contributed by atoms with van der Waals surface area (Å²) in [6, 6.07) is 0. The molecule has 0 fully saturated rings. The van der Waals surface area contributed by atoms with Gasteiger partial charge in [0.2, 0.25) is 0 Å². The number of hydrogen-bond donors (Lipinski definition) is 0. The molecule has 0 N–H and O–H groups in total. The smallest absolute Gasteiger partial charge is 0.306 e. The lowest BCUT2D eigenvalue weighted by atomic mass is 10.0. The van der Waals surface area contributed by atoms with E-state index in [2.05, 4.69) is 45.1 Å². The molecule has 0 aliphatic rings. The van der Waals surface area contributed by atoms with Gasteiger partial charge in [0.25, 0.3) is 0 Å². The average Bonchev–Trinajstić information content (AvgIpc) is 3.21. The van der Waals surface area contributed by atoms with E-state index in [1.807, 2.05) is 0 Å². The summed E-state index contributed by atoms with van der Waals surface area (Å²) >= 11 is 0. The summed E-state index contributed by atoms with van der Waals surface area (Å²) < 4.78 is 16.7. The van der Waals surface area contributed by atoms with Crippen molar-refractivity contribution in [3.05, 3.63) is 24.3 Å². The van der Waals surface area contributed by atoms with Crippen LogP contribution in [0.3, 0.4) is 0 Å². The first-order chi connectivity index (χ1) is 28.0. The first kappa shape index (κ1) is 54.9. The molecule has 0 aromatic carbocycles. The van der Waals surface area contributed by atoms with Crippen molar-refractivity contribution in [1.82, 2.24) is 0 Å². The second kappa shape index (κ2) is 46.6. The van der Waals surface area contributed by atoms with Gasteiger partial charge in [-0.25, -0.2) is 0 Å². The Balaban J connectivity index is 4.30. The Labute approximate surface area is 353 Å². The first-order valence-corrected chi connectivity index (χ1v) is 24.8. The summed E-state index contributed by atoms with van der Waals surface area (Å²) in [5.41, 5.74) is 0. The fourth-order valence-electron chi connectivity index (χ4n) is 7.15. The Morgan fingerprint density at radius 2 is 0.596 bits per heavy atom. The highest BCUT2D eigenvalue weighted by Crippen LogP contribution is 2.15. The number of carbonyl (C=O) groups is 3. The third kappa shape index (κ3) is 44.8. The zero-order valence-electron chi connectivity index (χ0n) is 38.1. The molecule has 0 radical (unpaired) electrons. The van der Waals surface area contributed by atoms with Crippen LogP contribution >= 0.6 is 0 Å². The summed E-state index contributed by atoms with van der Waals surface area (Å²) in [5, 5.41) is 0. The third-order valence-corrected chi connectivity index (χ3v) is 10.9. The maximum absolute atomic E-state index is 12.7. The van der Waals surface area contributed by atoms with Crippen molar-refractivity contribution >= 4 is 17.9 Å². The van der Waals surface area contributed by atoms with Gasteiger partial charge in [-0.1, -0.05) is 206 Å². The van der Waals surface area contributed by atoms with E-state index >= 15 is 0 Å². The first-order valence-electron chi connectivity index (χ1n) is 24.8. The molecule has 0 saturated heterocycles.